The summed E-state index contributed by atoms with van der Waals surface area (Å²) in [5, 5.41) is 4.23. The van der Waals surface area contributed by atoms with Crippen LogP contribution in [-0.4, -0.2) is 19.7 Å². The van der Waals surface area contributed by atoms with Gasteiger partial charge < -0.3 is 14.8 Å². The Balaban J connectivity index is 1.73. The third kappa shape index (κ3) is 4.18. The van der Waals surface area contributed by atoms with Crippen molar-refractivity contribution in [3.8, 4) is 34.0 Å². The van der Waals surface area contributed by atoms with Gasteiger partial charge in [0.25, 0.3) is 5.56 Å². The minimum atomic E-state index is -0.0646. The highest BCUT2D eigenvalue weighted by Crippen LogP contribution is 2.29. The van der Waals surface area contributed by atoms with Crippen LogP contribution in [0.3, 0.4) is 0 Å². The summed E-state index contributed by atoms with van der Waals surface area (Å²) < 4.78 is 7.29. The van der Waals surface area contributed by atoms with Gasteiger partial charge in [0.15, 0.2) is 5.76 Å². The maximum atomic E-state index is 12.1. The lowest BCUT2D eigenvalue weighted by Gasteiger charge is -2.11. The van der Waals surface area contributed by atoms with Gasteiger partial charge in [-0.3, -0.25) is 9.78 Å². The molecule has 0 aliphatic rings. The van der Waals surface area contributed by atoms with Crippen LogP contribution in [0.4, 0.5) is 0 Å². The fraction of sp³-hybridized carbons (Fsp3) is 0.250. The van der Waals surface area contributed by atoms with E-state index in [0.29, 0.717) is 22.8 Å². The molecule has 3 aromatic heterocycles. The minimum absolute atomic E-state index is 0.0482. The number of rotatable bonds is 5. The van der Waals surface area contributed by atoms with Crippen LogP contribution < -0.4 is 11.3 Å². The first-order valence-electron chi connectivity index (χ1n) is 10.2. The highest BCUT2D eigenvalue weighted by Gasteiger charge is 2.16. The van der Waals surface area contributed by atoms with Crippen LogP contribution in [0.5, 0.6) is 0 Å². The Bertz CT molecular complexity index is 1290. The second kappa shape index (κ2) is 8.28. The van der Waals surface area contributed by atoms with E-state index < -0.39 is 0 Å². The van der Waals surface area contributed by atoms with E-state index in [1.807, 2.05) is 58.0 Å². The standard InChI is InChI=1S/C24H25N5O2/c1-14(2)29-13-19(8-9-23(29)30)21-12-26-16(4)24(27-21)22-11-20(28-31-22)18-7-5-6-17(10-18)15(3)25/h5-15H,25H2,1-4H3. The molecule has 1 aromatic carbocycles. The Morgan fingerprint density at radius 1 is 1.03 bits per heavy atom. The normalized spacial score (nSPS) is 12.3. The van der Waals surface area contributed by atoms with Gasteiger partial charge in [-0.2, -0.15) is 0 Å². The van der Waals surface area contributed by atoms with Gasteiger partial charge in [0.2, 0.25) is 0 Å². The van der Waals surface area contributed by atoms with Gasteiger partial charge >= 0.3 is 0 Å². The number of nitrogens with zero attached hydrogens (tertiary/aromatic N) is 4. The number of hydrogen-bond acceptors (Lipinski definition) is 6. The van der Waals surface area contributed by atoms with E-state index in [0.717, 1.165) is 22.4 Å². The Labute approximate surface area is 180 Å². The Kier molecular flexibility index (Phi) is 5.52. The molecule has 7 heteroatoms. The van der Waals surface area contributed by atoms with E-state index in [2.05, 4.69) is 10.1 Å². The molecule has 4 aromatic rings. The average Bonchev–Trinajstić information content (AvgIpc) is 3.24. The van der Waals surface area contributed by atoms with E-state index in [-0.39, 0.29) is 17.6 Å². The molecule has 158 valence electrons. The quantitative estimate of drug-likeness (QED) is 0.514. The fourth-order valence-electron chi connectivity index (χ4n) is 3.38. The summed E-state index contributed by atoms with van der Waals surface area (Å²) in [6, 6.07) is 13.1. The molecular formula is C24H25N5O2. The topological polar surface area (TPSA) is 99.8 Å². The summed E-state index contributed by atoms with van der Waals surface area (Å²) in [5.74, 6) is 0.533. The lowest BCUT2D eigenvalue weighted by atomic mass is 10.0. The zero-order valence-electron chi connectivity index (χ0n) is 18.0. The van der Waals surface area contributed by atoms with Crippen molar-refractivity contribution in [2.45, 2.75) is 39.8 Å². The van der Waals surface area contributed by atoms with Crippen LogP contribution in [0.2, 0.25) is 0 Å². The first-order chi connectivity index (χ1) is 14.8. The lowest BCUT2D eigenvalue weighted by Crippen LogP contribution is -2.20. The zero-order chi connectivity index (χ0) is 22.1. The van der Waals surface area contributed by atoms with Crippen molar-refractivity contribution in [1.82, 2.24) is 19.7 Å². The predicted octanol–water partition coefficient (Wildman–Crippen LogP) is 4.54. The third-order valence-electron chi connectivity index (χ3n) is 5.20. The first kappa shape index (κ1) is 20.7. The van der Waals surface area contributed by atoms with E-state index in [9.17, 15) is 4.79 Å². The van der Waals surface area contributed by atoms with Crippen molar-refractivity contribution < 1.29 is 4.52 Å². The van der Waals surface area contributed by atoms with Gasteiger partial charge in [0.1, 0.15) is 11.4 Å². The molecule has 0 saturated heterocycles. The van der Waals surface area contributed by atoms with E-state index in [4.69, 9.17) is 15.2 Å². The van der Waals surface area contributed by atoms with E-state index in [1.165, 1.54) is 0 Å². The maximum absolute atomic E-state index is 12.1. The second-order valence-corrected chi connectivity index (χ2v) is 7.94. The fourth-order valence-corrected chi connectivity index (χ4v) is 3.38. The number of hydrogen-bond donors (Lipinski definition) is 1. The van der Waals surface area contributed by atoms with Crippen molar-refractivity contribution in [1.29, 1.82) is 0 Å². The van der Waals surface area contributed by atoms with Crippen molar-refractivity contribution in [2.24, 2.45) is 5.73 Å². The summed E-state index contributed by atoms with van der Waals surface area (Å²) in [4.78, 5) is 21.3. The number of benzene rings is 1. The number of nitrogens with two attached hydrogens (primary N) is 1. The first-order valence-corrected chi connectivity index (χ1v) is 10.2. The summed E-state index contributed by atoms with van der Waals surface area (Å²) in [6.45, 7) is 7.75. The zero-order valence-corrected chi connectivity index (χ0v) is 18.0. The predicted molar refractivity (Wildman–Crippen MR) is 120 cm³/mol. The van der Waals surface area contributed by atoms with Crippen molar-refractivity contribution in [2.75, 3.05) is 0 Å². The molecule has 0 bridgehead atoms. The molecule has 0 aliphatic carbocycles. The molecule has 2 N–H and O–H groups in total. The molecule has 3 heterocycles. The SMILES string of the molecule is Cc1ncc(-c2ccc(=O)n(C(C)C)c2)nc1-c1cc(-c2cccc(C(C)N)c2)no1. The summed E-state index contributed by atoms with van der Waals surface area (Å²) in [5.41, 5.74) is 11.4. The number of aromatic nitrogens is 4. The molecule has 31 heavy (non-hydrogen) atoms. The molecule has 0 spiro atoms. The van der Waals surface area contributed by atoms with Crippen LogP contribution >= 0.6 is 0 Å². The van der Waals surface area contributed by atoms with Crippen LogP contribution in [0.15, 0.2) is 64.2 Å². The minimum Gasteiger partial charge on any atom is -0.354 e. The van der Waals surface area contributed by atoms with Crippen LogP contribution in [0.1, 0.15) is 44.1 Å². The smallest absolute Gasteiger partial charge is 0.250 e. The molecule has 0 saturated carbocycles. The Morgan fingerprint density at radius 2 is 1.84 bits per heavy atom. The molecule has 0 radical (unpaired) electrons. The van der Waals surface area contributed by atoms with Gasteiger partial charge in [-0.1, -0.05) is 23.4 Å². The third-order valence-corrected chi connectivity index (χ3v) is 5.20. The Hall–Kier alpha value is -3.58. The van der Waals surface area contributed by atoms with Gasteiger partial charge in [0.05, 0.1) is 17.6 Å². The average molecular weight is 415 g/mol. The second-order valence-electron chi connectivity index (χ2n) is 7.94. The van der Waals surface area contributed by atoms with Gasteiger partial charge in [-0.25, -0.2) is 4.98 Å². The van der Waals surface area contributed by atoms with Crippen LogP contribution in [0, 0.1) is 6.92 Å². The van der Waals surface area contributed by atoms with Crippen molar-refractivity contribution >= 4 is 0 Å². The molecule has 1 unspecified atom stereocenters. The van der Waals surface area contributed by atoms with Crippen LogP contribution in [0.25, 0.3) is 34.0 Å². The summed E-state index contributed by atoms with van der Waals surface area (Å²) >= 11 is 0. The number of aryl methyl sites for hydroxylation is 1. The van der Waals surface area contributed by atoms with Gasteiger partial charge in [-0.05, 0) is 45.4 Å². The molecular weight excluding hydrogens is 390 g/mol. The molecule has 0 aliphatic heterocycles. The maximum Gasteiger partial charge on any atom is 0.250 e. The molecule has 1 atom stereocenters. The van der Waals surface area contributed by atoms with Gasteiger partial charge in [0, 0.05) is 41.5 Å². The van der Waals surface area contributed by atoms with E-state index >= 15 is 0 Å². The molecule has 0 amide bonds. The number of pyridine rings is 1. The molecule has 0 fully saturated rings. The monoisotopic (exact) mass is 415 g/mol. The van der Waals surface area contributed by atoms with Gasteiger partial charge in [-0.15, -0.1) is 0 Å². The molecule has 7 nitrogen and oxygen atoms in total. The van der Waals surface area contributed by atoms with Crippen molar-refractivity contribution in [3.63, 3.8) is 0 Å². The lowest BCUT2D eigenvalue weighted by molar-refractivity contribution is 0.433. The summed E-state index contributed by atoms with van der Waals surface area (Å²) in [7, 11) is 0. The highest BCUT2D eigenvalue weighted by atomic mass is 16.5. The largest absolute Gasteiger partial charge is 0.354 e. The highest BCUT2D eigenvalue weighted by molar-refractivity contribution is 5.68. The van der Waals surface area contributed by atoms with E-state index in [1.54, 1.807) is 29.1 Å². The molecule has 4 rings (SSSR count). The Morgan fingerprint density at radius 3 is 2.58 bits per heavy atom. The summed E-state index contributed by atoms with van der Waals surface area (Å²) in [6.07, 6.45) is 3.51. The van der Waals surface area contributed by atoms with Crippen molar-refractivity contribution in [3.05, 3.63) is 76.5 Å². The van der Waals surface area contributed by atoms with Crippen LogP contribution in [-0.2, 0) is 0 Å².